The minimum atomic E-state index is -0.350. The van der Waals surface area contributed by atoms with Crippen LogP contribution in [0.25, 0.3) is 0 Å². The van der Waals surface area contributed by atoms with Gasteiger partial charge in [-0.2, -0.15) is 0 Å². The van der Waals surface area contributed by atoms with Gasteiger partial charge in [-0.25, -0.2) is 4.99 Å². The van der Waals surface area contributed by atoms with Crippen LogP contribution in [0.4, 0.5) is 5.69 Å². The number of rotatable bonds is 6. The van der Waals surface area contributed by atoms with Gasteiger partial charge in [-0.1, -0.05) is 6.07 Å². The van der Waals surface area contributed by atoms with Crippen molar-refractivity contribution in [2.24, 2.45) is 4.99 Å². The minimum absolute atomic E-state index is 0.0165. The molecule has 0 unspecified atom stereocenters. The first-order chi connectivity index (χ1) is 9.97. The average molecular weight is 293 g/mol. The SMILES string of the molecule is CCOC(=O)C/C(=N/c1cccc(OC)c1C)OC(C)C. The van der Waals surface area contributed by atoms with Crippen molar-refractivity contribution in [2.45, 2.75) is 40.2 Å². The third-order valence-corrected chi connectivity index (χ3v) is 2.69. The summed E-state index contributed by atoms with van der Waals surface area (Å²) in [6, 6.07) is 5.57. The number of nitrogens with zero attached hydrogens (tertiary/aromatic N) is 1. The van der Waals surface area contributed by atoms with E-state index in [0.717, 1.165) is 11.3 Å². The summed E-state index contributed by atoms with van der Waals surface area (Å²) in [7, 11) is 1.61. The van der Waals surface area contributed by atoms with E-state index in [2.05, 4.69) is 4.99 Å². The Bertz CT molecular complexity index is 509. The quantitative estimate of drug-likeness (QED) is 0.458. The second-order valence-corrected chi connectivity index (χ2v) is 4.76. The summed E-state index contributed by atoms with van der Waals surface area (Å²) in [5, 5.41) is 0. The number of esters is 1. The summed E-state index contributed by atoms with van der Waals surface area (Å²) in [5.41, 5.74) is 1.61. The third kappa shape index (κ3) is 5.45. The summed E-state index contributed by atoms with van der Waals surface area (Å²) >= 11 is 0. The fraction of sp³-hybridized carbons (Fsp3) is 0.500. The summed E-state index contributed by atoms with van der Waals surface area (Å²) in [5.74, 6) is 0.744. The maximum Gasteiger partial charge on any atom is 0.315 e. The molecule has 1 aromatic rings. The number of benzene rings is 1. The van der Waals surface area contributed by atoms with Crippen LogP contribution in [0.1, 0.15) is 32.8 Å². The number of ether oxygens (including phenoxy) is 3. The van der Waals surface area contributed by atoms with Crippen LogP contribution >= 0.6 is 0 Å². The molecule has 1 rings (SSSR count). The molecule has 5 nitrogen and oxygen atoms in total. The van der Waals surface area contributed by atoms with Crippen molar-refractivity contribution < 1.29 is 19.0 Å². The summed E-state index contributed by atoms with van der Waals surface area (Å²) in [6.45, 7) is 7.80. The maximum atomic E-state index is 11.6. The Morgan fingerprint density at radius 3 is 2.62 bits per heavy atom. The molecular weight excluding hydrogens is 270 g/mol. The van der Waals surface area contributed by atoms with Crippen molar-refractivity contribution in [3.05, 3.63) is 23.8 Å². The molecule has 0 aliphatic rings. The van der Waals surface area contributed by atoms with Gasteiger partial charge in [0.05, 0.1) is 25.5 Å². The molecule has 0 atom stereocenters. The van der Waals surface area contributed by atoms with Crippen molar-refractivity contribution in [3.63, 3.8) is 0 Å². The molecule has 116 valence electrons. The smallest absolute Gasteiger partial charge is 0.315 e. The van der Waals surface area contributed by atoms with Gasteiger partial charge in [0.2, 0.25) is 0 Å². The molecule has 21 heavy (non-hydrogen) atoms. The van der Waals surface area contributed by atoms with Crippen molar-refractivity contribution >= 4 is 17.6 Å². The van der Waals surface area contributed by atoms with Crippen LogP contribution in [0, 0.1) is 6.92 Å². The molecular formula is C16H23NO4. The van der Waals surface area contributed by atoms with Crippen LogP contribution in [-0.4, -0.2) is 31.7 Å². The molecule has 0 fully saturated rings. The van der Waals surface area contributed by atoms with E-state index in [9.17, 15) is 4.79 Å². The normalized spacial score (nSPS) is 11.4. The predicted octanol–water partition coefficient (Wildman–Crippen LogP) is 3.41. The number of carbonyl (C=O) groups is 1. The predicted molar refractivity (Wildman–Crippen MR) is 82.3 cm³/mol. The van der Waals surface area contributed by atoms with Gasteiger partial charge in [0.1, 0.15) is 12.2 Å². The van der Waals surface area contributed by atoms with Gasteiger partial charge in [0.25, 0.3) is 0 Å². The summed E-state index contributed by atoms with van der Waals surface area (Å²) in [6.07, 6.45) is -0.0491. The van der Waals surface area contributed by atoms with E-state index >= 15 is 0 Å². The largest absolute Gasteiger partial charge is 0.496 e. The molecule has 0 aliphatic heterocycles. The molecule has 0 heterocycles. The van der Waals surface area contributed by atoms with Gasteiger partial charge in [0, 0.05) is 5.56 Å². The fourth-order valence-electron chi connectivity index (χ4n) is 1.79. The highest BCUT2D eigenvalue weighted by Gasteiger charge is 2.13. The van der Waals surface area contributed by atoms with Crippen LogP contribution < -0.4 is 4.74 Å². The van der Waals surface area contributed by atoms with Gasteiger partial charge in [-0.15, -0.1) is 0 Å². The molecule has 0 radical (unpaired) electrons. The lowest BCUT2D eigenvalue weighted by Crippen LogP contribution is -2.17. The number of hydrogen-bond donors (Lipinski definition) is 0. The highest BCUT2D eigenvalue weighted by molar-refractivity contribution is 5.95. The number of methoxy groups -OCH3 is 1. The van der Waals surface area contributed by atoms with E-state index in [1.807, 2.05) is 39.0 Å². The Hall–Kier alpha value is -2.04. The average Bonchev–Trinajstić information content (AvgIpc) is 2.40. The monoisotopic (exact) mass is 293 g/mol. The second-order valence-electron chi connectivity index (χ2n) is 4.76. The first kappa shape index (κ1) is 17.0. The highest BCUT2D eigenvalue weighted by atomic mass is 16.5. The van der Waals surface area contributed by atoms with E-state index in [1.165, 1.54) is 0 Å². The molecule has 0 aromatic heterocycles. The Labute approximate surface area is 125 Å². The van der Waals surface area contributed by atoms with Crippen LogP contribution in [0.5, 0.6) is 5.75 Å². The number of hydrogen-bond acceptors (Lipinski definition) is 5. The first-order valence-electron chi connectivity index (χ1n) is 7.01. The van der Waals surface area contributed by atoms with Crippen LogP contribution in [0.15, 0.2) is 23.2 Å². The van der Waals surface area contributed by atoms with Gasteiger partial charge in [-0.05, 0) is 39.8 Å². The van der Waals surface area contributed by atoms with E-state index in [4.69, 9.17) is 14.2 Å². The van der Waals surface area contributed by atoms with E-state index < -0.39 is 0 Å². The zero-order valence-electron chi connectivity index (χ0n) is 13.3. The van der Waals surface area contributed by atoms with Crippen LogP contribution in [-0.2, 0) is 14.3 Å². The topological polar surface area (TPSA) is 57.1 Å². The second kappa shape index (κ2) is 8.29. The van der Waals surface area contributed by atoms with Gasteiger partial charge < -0.3 is 14.2 Å². The molecule has 0 spiro atoms. The summed E-state index contributed by atoms with van der Waals surface area (Å²) < 4.78 is 15.8. The molecule has 0 N–H and O–H groups in total. The van der Waals surface area contributed by atoms with E-state index in [1.54, 1.807) is 14.0 Å². The first-order valence-corrected chi connectivity index (χ1v) is 7.01. The minimum Gasteiger partial charge on any atom is -0.496 e. The number of carbonyl (C=O) groups excluding carboxylic acids is 1. The molecule has 0 bridgehead atoms. The van der Waals surface area contributed by atoms with Gasteiger partial charge >= 0.3 is 5.97 Å². The zero-order valence-corrected chi connectivity index (χ0v) is 13.3. The lowest BCUT2D eigenvalue weighted by molar-refractivity contribution is -0.141. The summed E-state index contributed by atoms with van der Waals surface area (Å²) in [4.78, 5) is 16.1. The van der Waals surface area contributed by atoms with Crippen molar-refractivity contribution in [1.82, 2.24) is 0 Å². The standard InChI is InChI=1S/C16H23NO4/c1-6-20-16(18)10-15(21-11(2)3)17-13-8-7-9-14(19-5)12(13)4/h7-9,11H,6,10H2,1-5H3/b17-15-. The van der Waals surface area contributed by atoms with Gasteiger partial charge in [-0.3, -0.25) is 4.79 Å². The lowest BCUT2D eigenvalue weighted by Gasteiger charge is -2.13. The Kier molecular flexibility index (Phi) is 6.72. The Morgan fingerprint density at radius 2 is 2.05 bits per heavy atom. The third-order valence-electron chi connectivity index (χ3n) is 2.69. The zero-order chi connectivity index (χ0) is 15.8. The molecule has 0 aliphatic carbocycles. The molecule has 1 aromatic carbocycles. The van der Waals surface area contributed by atoms with Gasteiger partial charge in [0.15, 0.2) is 5.90 Å². The van der Waals surface area contributed by atoms with E-state index in [0.29, 0.717) is 18.2 Å². The van der Waals surface area contributed by atoms with Crippen LogP contribution in [0.3, 0.4) is 0 Å². The van der Waals surface area contributed by atoms with Crippen LogP contribution in [0.2, 0.25) is 0 Å². The van der Waals surface area contributed by atoms with Crippen molar-refractivity contribution in [3.8, 4) is 5.75 Å². The van der Waals surface area contributed by atoms with E-state index in [-0.39, 0.29) is 18.5 Å². The fourth-order valence-corrected chi connectivity index (χ4v) is 1.79. The molecule has 5 heteroatoms. The van der Waals surface area contributed by atoms with Crippen molar-refractivity contribution in [1.29, 1.82) is 0 Å². The molecule has 0 saturated carbocycles. The highest BCUT2D eigenvalue weighted by Crippen LogP contribution is 2.27. The maximum absolute atomic E-state index is 11.6. The van der Waals surface area contributed by atoms with Crippen molar-refractivity contribution in [2.75, 3.05) is 13.7 Å². The Morgan fingerprint density at radius 1 is 1.33 bits per heavy atom. The number of aliphatic imine (C=N–C) groups is 1. The Balaban J connectivity index is 3.04. The lowest BCUT2D eigenvalue weighted by atomic mass is 10.2. The molecule has 0 amide bonds. The molecule has 0 saturated heterocycles.